The van der Waals surface area contributed by atoms with E-state index in [1.54, 1.807) is 23.7 Å². The number of imidazole rings is 2. The van der Waals surface area contributed by atoms with Gasteiger partial charge in [-0.15, -0.1) is 11.3 Å². The van der Waals surface area contributed by atoms with E-state index < -0.39 is 0 Å². The fraction of sp³-hybridized carbons (Fsp3) is 0.217. The van der Waals surface area contributed by atoms with Gasteiger partial charge in [0, 0.05) is 24.0 Å². The summed E-state index contributed by atoms with van der Waals surface area (Å²) in [5.74, 6) is 1.19. The Morgan fingerprint density at radius 3 is 2.70 bits per heavy atom. The maximum absolute atomic E-state index is 13.0. The van der Waals surface area contributed by atoms with Crippen LogP contribution in [0.4, 0.5) is 0 Å². The van der Waals surface area contributed by atoms with Gasteiger partial charge in [0.2, 0.25) is 0 Å². The number of nitrogens with one attached hydrogen (secondary N) is 1. The standard InChI is InChI=1S/C23H22N8OS/c1-14-8-25-17(9-24-14)10-26-23(32)21-20-6-4-5-7-31(20)22(29-21)19-12-30(15(2)27-19)11-18-13-33-16(3)28-18/h4-9,12-13H,10-11H2,1-3H3,(H,26,32). The third kappa shape index (κ3) is 4.24. The molecule has 5 aromatic heterocycles. The predicted molar refractivity (Wildman–Crippen MR) is 125 cm³/mol. The number of hydrogen-bond donors (Lipinski definition) is 1. The quantitative estimate of drug-likeness (QED) is 0.419. The topological polar surface area (TPSA) is 103 Å². The van der Waals surface area contributed by atoms with Crippen molar-refractivity contribution in [1.82, 2.24) is 39.2 Å². The lowest BCUT2D eigenvalue weighted by Crippen LogP contribution is -2.24. The van der Waals surface area contributed by atoms with Crippen molar-refractivity contribution >= 4 is 22.8 Å². The van der Waals surface area contributed by atoms with Crippen LogP contribution in [0.3, 0.4) is 0 Å². The van der Waals surface area contributed by atoms with Crippen LogP contribution in [0.5, 0.6) is 0 Å². The summed E-state index contributed by atoms with van der Waals surface area (Å²) >= 11 is 1.63. The van der Waals surface area contributed by atoms with Gasteiger partial charge in [0.1, 0.15) is 11.5 Å². The van der Waals surface area contributed by atoms with E-state index >= 15 is 0 Å². The number of aryl methyl sites for hydroxylation is 3. The molecule has 0 fully saturated rings. The molecule has 10 heteroatoms. The van der Waals surface area contributed by atoms with Crippen molar-refractivity contribution in [3.05, 3.63) is 82.0 Å². The van der Waals surface area contributed by atoms with Crippen LogP contribution >= 0.6 is 11.3 Å². The lowest BCUT2D eigenvalue weighted by Gasteiger charge is -2.03. The molecule has 0 saturated heterocycles. The highest BCUT2D eigenvalue weighted by atomic mass is 32.1. The number of carbonyl (C=O) groups excluding carboxylic acids is 1. The van der Waals surface area contributed by atoms with Crippen LogP contribution in [0.2, 0.25) is 0 Å². The van der Waals surface area contributed by atoms with Crippen molar-refractivity contribution in [2.24, 2.45) is 0 Å². The maximum Gasteiger partial charge on any atom is 0.272 e. The monoisotopic (exact) mass is 458 g/mol. The van der Waals surface area contributed by atoms with Gasteiger partial charge in [-0.3, -0.25) is 19.2 Å². The van der Waals surface area contributed by atoms with E-state index in [0.717, 1.165) is 22.2 Å². The number of rotatable bonds is 6. The number of carbonyl (C=O) groups is 1. The van der Waals surface area contributed by atoms with Crippen molar-refractivity contribution in [3.63, 3.8) is 0 Å². The predicted octanol–water partition coefficient (Wildman–Crippen LogP) is 3.35. The zero-order valence-electron chi connectivity index (χ0n) is 18.5. The minimum absolute atomic E-state index is 0.272. The molecular weight excluding hydrogens is 436 g/mol. The first kappa shape index (κ1) is 21.0. The Morgan fingerprint density at radius 2 is 1.94 bits per heavy atom. The van der Waals surface area contributed by atoms with Crippen LogP contribution in [0, 0.1) is 20.8 Å². The maximum atomic E-state index is 13.0. The molecule has 0 spiro atoms. The number of nitrogens with zero attached hydrogens (tertiary/aromatic N) is 7. The molecule has 0 aliphatic carbocycles. The Bertz CT molecular complexity index is 1450. The first-order chi connectivity index (χ1) is 16.0. The van der Waals surface area contributed by atoms with Crippen molar-refractivity contribution in [3.8, 4) is 11.5 Å². The van der Waals surface area contributed by atoms with Crippen molar-refractivity contribution in [2.45, 2.75) is 33.9 Å². The molecule has 166 valence electrons. The normalized spacial score (nSPS) is 11.2. The Labute approximate surface area is 194 Å². The number of thiazole rings is 1. The molecule has 33 heavy (non-hydrogen) atoms. The van der Waals surface area contributed by atoms with E-state index in [2.05, 4.69) is 30.6 Å². The second-order valence-corrected chi connectivity index (χ2v) is 8.79. The highest BCUT2D eigenvalue weighted by molar-refractivity contribution is 7.09. The van der Waals surface area contributed by atoms with Gasteiger partial charge in [-0.1, -0.05) is 6.07 Å². The second-order valence-electron chi connectivity index (χ2n) is 7.73. The second kappa shape index (κ2) is 8.55. The average Bonchev–Trinajstić information content (AvgIpc) is 3.50. The van der Waals surface area contributed by atoms with E-state index in [1.807, 2.05) is 60.3 Å². The van der Waals surface area contributed by atoms with E-state index in [4.69, 9.17) is 4.98 Å². The van der Waals surface area contributed by atoms with Gasteiger partial charge in [-0.05, 0) is 32.9 Å². The number of hydrogen-bond acceptors (Lipinski definition) is 7. The van der Waals surface area contributed by atoms with E-state index in [0.29, 0.717) is 35.0 Å². The summed E-state index contributed by atoms with van der Waals surface area (Å²) in [6, 6.07) is 5.67. The number of pyridine rings is 1. The smallest absolute Gasteiger partial charge is 0.272 e. The molecule has 0 aliphatic rings. The van der Waals surface area contributed by atoms with Crippen LogP contribution < -0.4 is 5.32 Å². The van der Waals surface area contributed by atoms with Crippen LogP contribution in [-0.2, 0) is 13.1 Å². The van der Waals surface area contributed by atoms with E-state index in [1.165, 1.54) is 0 Å². The molecule has 5 rings (SSSR count). The lowest BCUT2D eigenvalue weighted by atomic mass is 10.3. The van der Waals surface area contributed by atoms with Gasteiger partial charge in [-0.2, -0.15) is 0 Å². The number of fused-ring (bicyclic) bond motifs is 1. The summed E-state index contributed by atoms with van der Waals surface area (Å²) in [7, 11) is 0. The molecule has 1 N–H and O–H groups in total. The molecule has 0 unspecified atom stereocenters. The molecule has 9 nitrogen and oxygen atoms in total. The first-order valence-corrected chi connectivity index (χ1v) is 11.3. The molecule has 0 bridgehead atoms. The molecule has 0 aliphatic heterocycles. The third-order valence-electron chi connectivity index (χ3n) is 5.23. The Balaban J connectivity index is 1.44. The van der Waals surface area contributed by atoms with Crippen LogP contribution in [0.1, 0.15) is 38.4 Å². The highest BCUT2D eigenvalue weighted by Crippen LogP contribution is 2.23. The zero-order valence-corrected chi connectivity index (χ0v) is 19.3. The molecule has 5 aromatic rings. The van der Waals surface area contributed by atoms with Crippen LogP contribution in [0.15, 0.2) is 48.4 Å². The van der Waals surface area contributed by atoms with Gasteiger partial charge < -0.3 is 9.88 Å². The number of amides is 1. The molecule has 1 amide bonds. The van der Waals surface area contributed by atoms with Gasteiger partial charge in [0.15, 0.2) is 11.5 Å². The highest BCUT2D eigenvalue weighted by Gasteiger charge is 2.20. The van der Waals surface area contributed by atoms with Gasteiger partial charge in [-0.25, -0.2) is 15.0 Å². The minimum Gasteiger partial charge on any atom is -0.345 e. The molecule has 0 aromatic carbocycles. The summed E-state index contributed by atoms with van der Waals surface area (Å²) < 4.78 is 3.93. The van der Waals surface area contributed by atoms with Crippen molar-refractivity contribution < 1.29 is 4.79 Å². The molecular formula is C23H22N8OS. The number of aromatic nitrogens is 7. The fourth-order valence-corrected chi connectivity index (χ4v) is 4.19. The largest absolute Gasteiger partial charge is 0.345 e. The lowest BCUT2D eigenvalue weighted by molar-refractivity contribution is 0.0947. The summed E-state index contributed by atoms with van der Waals surface area (Å²) in [5, 5.41) is 5.99. The molecule has 5 heterocycles. The molecule has 0 atom stereocenters. The van der Waals surface area contributed by atoms with Crippen LogP contribution in [0.25, 0.3) is 17.0 Å². The zero-order chi connectivity index (χ0) is 22.9. The van der Waals surface area contributed by atoms with E-state index in [9.17, 15) is 4.79 Å². The third-order valence-corrected chi connectivity index (χ3v) is 6.05. The summed E-state index contributed by atoms with van der Waals surface area (Å²) in [6.45, 7) is 6.73. The minimum atomic E-state index is -0.276. The summed E-state index contributed by atoms with van der Waals surface area (Å²) in [4.78, 5) is 35.4. The SMILES string of the molecule is Cc1cnc(CNC(=O)c2nc(-c3cn(Cc4csc(C)n4)c(C)n3)n3ccccc23)cn1. The first-order valence-electron chi connectivity index (χ1n) is 10.5. The van der Waals surface area contributed by atoms with Gasteiger partial charge in [0.05, 0.1) is 46.9 Å². The van der Waals surface area contributed by atoms with Crippen LogP contribution in [-0.4, -0.2) is 39.8 Å². The fourth-order valence-electron chi connectivity index (χ4n) is 3.58. The summed E-state index contributed by atoms with van der Waals surface area (Å²) in [5.41, 5.74) is 4.26. The Hall–Kier alpha value is -3.92. The van der Waals surface area contributed by atoms with Gasteiger partial charge >= 0.3 is 0 Å². The van der Waals surface area contributed by atoms with E-state index in [-0.39, 0.29) is 12.5 Å². The summed E-state index contributed by atoms with van der Waals surface area (Å²) in [6.07, 6.45) is 7.18. The average molecular weight is 459 g/mol. The Kier molecular flexibility index (Phi) is 5.43. The molecule has 0 saturated carbocycles. The Morgan fingerprint density at radius 1 is 1.06 bits per heavy atom. The van der Waals surface area contributed by atoms with Gasteiger partial charge in [0.25, 0.3) is 5.91 Å². The van der Waals surface area contributed by atoms with Crippen molar-refractivity contribution in [2.75, 3.05) is 0 Å². The molecule has 0 radical (unpaired) electrons. The van der Waals surface area contributed by atoms with Crippen molar-refractivity contribution in [1.29, 1.82) is 0 Å².